The molecule has 1 aliphatic carbocycles. The molecule has 0 saturated carbocycles. The molecule has 0 aliphatic heterocycles. The molecule has 1 aromatic heterocycles. The Morgan fingerprint density at radius 3 is 2.85 bits per heavy atom. The lowest BCUT2D eigenvalue weighted by atomic mass is 9.97. The highest BCUT2D eigenvalue weighted by atomic mass is 16.5. The summed E-state index contributed by atoms with van der Waals surface area (Å²) in [5, 5.41) is 14.5. The number of benzene rings is 3. The van der Waals surface area contributed by atoms with E-state index in [4.69, 9.17) is 20.3 Å². The molecule has 34 heavy (non-hydrogen) atoms. The summed E-state index contributed by atoms with van der Waals surface area (Å²) < 4.78 is 13.9. The van der Waals surface area contributed by atoms with Crippen LogP contribution in [0.15, 0.2) is 54.7 Å². The molecule has 5 rings (SSSR count). The minimum absolute atomic E-state index is 0.0401. The average Bonchev–Trinajstić information content (AvgIpc) is 3.41. The second kappa shape index (κ2) is 8.74. The fourth-order valence-electron chi connectivity index (χ4n) is 4.81. The number of carboxylic acids is 1. The second-order valence-electron chi connectivity index (χ2n) is 8.74. The summed E-state index contributed by atoms with van der Waals surface area (Å²) in [4.78, 5) is 11.1. The molecule has 1 aliphatic rings. The van der Waals surface area contributed by atoms with Gasteiger partial charge in [-0.05, 0) is 53.4 Å². The van der Waals surface area contributed by atoms with Gasteiger partial charge >= 0.3 is 5.97 Å². The number of rotatable bonds is 7. The van der Waals surface area contributed by atoms with Crippen LogP contribution >= 0.6 is 0 Å². The zero-order valence-electron chi connectivity index (χ0n) is 19.2. The van der Waals surface area contributed by atoms with Gasteiger partial charge in [-0.3, -0.25) is 9.48 Å². The maximum absolute atomic E-state index is 11.1. The van der Waals surface area contributed by atoms with Crippen LogP contribution in [0.1, 0.15) is 23.1 Å². The number of hydrogen-bond donors (Lipinski definition) is 2. The number of aromatic nitrogens is 2. The first-order valence-corrected chi connectivity index (χ1v) is 11.3. The Labute approximate surface area is 197 Å². The van der Waals surface area contributed by atoms with E-state index in [1.54, 1.807) is 7.11 Å². The first-order valence-electron chi connectivity index (χ1n) is 11.3. The molecule has 3 N–H and O–H groups in total. The summed E-state index contributed by atoms with van der Waals surface area (Å²) in [5.41, 5.74) is 13.1. The maximum Gasteiger partial charge on any atom is 0.303 e. The fourth-order valence-corrected chi connectivity index (χ4v) is 4.81. The van der Waals surface area contributed by atoms with E-state index in [2.05, 4.69) is 17.2 Å². The Morgan fingerprint density at radius 1 is 1.21 bits per heavy atom. The highest BCUT2D eigenvalue weighted by Gasteiger charge is 2.27. The van der Waals surface area contributed by atoms with E-state index in [9.17, 15) is 4.79 Å². The van der Waals surface area contributed by atoms with Crippen molar-refractivity contribution in [1.29, 1.82) is 0 Å². The van der Waals surface area contributed by atoms with Crippen LogP contribution in [0, 0.1) is 0 Å². The first-order chi connectivity index (χ1) is 16.4. The molecule has 0 spiro atoms. The number of carboxylic acid groups (broad SMARTS) is 1. The van der Waals surface area contributed by atoms with E-state index in [0.717, 1.165) is 46.2 Å². The Kier molecular flexibility index (Phi) is 5.61. The van der Waals surface area contributed by atoms with Crippen molar-refractivity contribution in [1.82, 2.24) is 9.78 Å². The summed E-state index contributed by atoms with van der Waals surface area (Å²) in [6.45, 7) is 0. The average molecular weight is 458 g/mol. The third kappa shape index (κ3) is 4.05. The quantitative estimate of drug-likeness (QED) is 0.399. The van der Waals surface area contributed by atoms with Crippen LogP contribution in [-0.4, -0.2) is 34.1 Å². The van der Waals surface area contributed by atoms with Crippen molar-refractivity contribution in [3.05, 3.63) is 71.4 Å². The largest absolute Gasteiger partial charge is 0.496 e. The zero-order chi connectivity index (χ0) is 23.8. The van der Waals surface area contributed by atoms with Gasteiger partial charge in [0.2, 0.25) is 0 Å². The fraction of sp³-hybridized carbons (Fsp3) is 0.259. The first kappa shape index (κ1) is 21.8. The molecule has 4 aromatic rings. The van der Waals surface area contributed by atoms with Crippen molar-refractivity contribution < 1.29 is 19.4 Å². The number of aryl methyl sites for hydroxylation is 2. The Bertz CT molecular complexity index is 1390. The number of nitrogens with two attached hydrogens (primary N) is 1. The van der Waals surface area contributed by atoms with Crippen LogP contribution in [0.25, 0.3) is 22.0 Å². The van der Waals surface area contributed by atoms with Crippen LogP contribution in [0.3, 0.4) is 0 Å². The molecule has 1 heterocycles. The number of nitrogen functional groups attached to an aromatic ring is 1. The smallest absolute Gasteiger partial charge is 0.303 e. The van der Waals surface area contributed by atoms with Crippen LogP contribution in [0.4, 0.5) is 5.69 Å². The van der Waals surface area contributed by atoms with E-state index in [1.165, 1.54) is 11.1 Å². The van der Waals surface area contributed by atoms with Gasteiger partial charge in [-0.15, -0.1) is 0 Å². The molecule has 0 saturated heterocycles. The number of hydrogen-bond acceptors (Lipinski definition) is 5. The summed E-state index contributed by atoms with van der Waals surface area (Å²) >= 11 is 0. The van der Waals surface area contributed by atoms with Crippen molar-refractivity contribution in [2.24, 2.45) is 7.05 Å². The minimum atomic E-state index is -0.838. The maximum atomic E-state index is 11.1. The van der Waals surface area contributed by atoms with Crippen molar-refractivity contribution >= 4 is 22.6 Å². The number of anilines is 1. The van der Waals surface area contributed by atoms with Gasteiger partial charge in [0.15, 0.2) is 0 Å². The molecule has 7 heteroatoms. The van der Waals surface area contributed by atoms with E-state index in [1.807, 2.05) is 54.3 Å². The molecule has 3 aromatic carbocycles. The van der Waals surface area contributed by atoms with Crippen LogP contribution < -0.4 is 15.2 Å². The van der Waals surface area contributed by atoms with E-state index in [-0.39, 0.29) is 12.5 Å². The van der Waals surface area contributed by atoms with Crippen molar-refractivity contribution in [3.8, 4) is 22.6 Å². The van der Waals surface area contributed by atoms with Gasteiger partial charge in [0, 0.05) is 42.8 Å². The van der Waals surface area contributed by atoms with Gasteiger partial charge in [-0.2, -0.15) is 5.10 Å². The standard InChI is InChI=1S/C27H27N3O4/c1-30-24-8-7-18(12-19(24)15-29-30)22-10-16(6-9-26(31)32)11-23(28)27(22)34-20-13-17-4-3-5-25(33-2)21(17)14-20/h3-5,7-8,10-12,15,20H,6,9,13-14,28H2,1-2H3,(H,31,32). The third-order valence-corrected chi connectivity index (χ3v) is 6.48. The molecule has 0 fully saturated rings. The van der Waals surface area contributed by atoms with Crippen LogP contribution in [0.5, 0.6) is 11.5 Å². The normalized spacial score (nSPS) is 14.8. The van der Waals surface area contributed by atoms with Crippen LogP contribution in [0.2, 0.25) is 0 Å². The highest BCUT2D eigenvalue weighted by molar-refractivity contribution is 5.87. The van der Waals surface area contributed by atoms with Gasteiger partial charge in [0.25, 0.3) is 0 Å². The molecule has 0 amide bonds. The lowest BCUT2D eigenvalue weighted by Gasteiger charge is -2.20. The Balaban J connectivity index is 1.53. The molecule has 0 radical (unpaired) electrons. The number of aliphatic carboxylic acids is 1. The van der Waals surface area contributed by atoms with E-state index >= 15 is 0 Å². The summed E-state index contributed by atoms with van der Waals surface area (Å²) in [5.74, 6) is 0.664. The molecule has 174 valence electrons. The number of fused-ring (bicyclic) bond motifs is 2. The number of nitrogens with zero attached hydrogens (tertiary/aromatic N) is 2. The second-order valence-corrected chi connectivity index (χ2v) is 8.74. The predicted octanol–water partition coefficient (Wildman–Crippen LogP) is 4.39. The summed E-state index contributed by atoms with van der Waals surface area (Å²) in [6.07, 6.45) is 3.71. The molecule has 0 bridgehead atoms. The summed E-state index contributed by atoms with van der Waals surface area (Å²) in [7, 11) is 3.59. The van der Waals surface area contributed by atoms with Gasteiger partial charge in [0.1, 0.15) is 17.6 Å². The molecular formula is C27H27N3O4. The van der Waals surface area contributed by atoms with Gasteiger partial charge in [-0.25, -0.2) is 0 Å². The third-order valence-electron chi connectivity index (χ3n) is 6.48. The molecular weight excluding hydrogens is 430 g/mol. The number of methoxy groups -OCH3 is 1. The lowest BCUT2D eigenvalue weighted by Crippen LogP contribution is -2.18. The van der Waals surface area contributed by atoms with E-state index in [0.29, 0.717) is 17.9 Å². The number of carbonyl (C=O) groups is 1. The van der Waals surface area contributed by atoms with Gasteiger partial charge < -0.3 is 20.3 Å². The van der Waals surface area contributed by atoms with Crippen LogP contribution in [-0.2, 0) is 31.1 Å². The highest BCUT2D eigenvalue weighted by Crippen LogP contribution is 2.41. The molecule has 7 nitrogen and oxygen atoms in total. The minimum Gasteiger partial charge on any atom is -0.496 e. The monoisotopic (exact) mass is 457 g/mol. The predicted molar refractivity (Wildman–Crippen MR) is 131 cm³/mol. The molecule has 1 unspecified atom stereocenters. The molecule has 1 atom stereocenters. The summed E-state index contributed by atoms with van der Waals surface area (Å²) in [6, 6.07) is 16.0. The topological polar surface area (TPSA) is 99.6 Å². The Hall–Kier alpha value is -4.00. The number of ether oxygens (including phenoxy) is 2. The van der Waals surface area contributed by atoms with Crippen molar-refractivity contribution in [3.63, 3.8) is 0 Å². The lowest BCUT2D eigenvalue weighted by molar-refractivity contribution is -0.136. The van der Waals surface area contributed by atoms with Gasteiger partial charge in [-0.1, -0.05) is 18.2 Å². The van der Waals surface area contributed by atoms with Crippen molar-refractivity contribution in [2.75, 3.05) is 12.8 Å². The van der Waals surface area contributed by atoms with Crippen molar-refractivity contribution in [2.45, 2.75) is 31.8 Å². The van der Waals surface area contributed by atoms with Gasteiger partial charge in [0.05, 0.1) is 24.5 Å². The zero-order valence-corrected chi connectivity index (χ0v) is 19.2. The SMILES string of the molecule is COc1cccc2c1CC(Oc1c(N)cc(CCC(=O)O)cc1-c1ccc3c(cnn3C)c1)C2. The van der Waals surface area contributed by atoms with E-state index < -0.39 is 5.97 Å². The Morgan fingerprint density at radius 2 is 2.06 bits per heavy atom.